The van der Waals surface area contributed by atoms with Gasteiger partial charge in [-0.25, -0.2) is 9.97 Å². The quantitative estimate of drug-likeness (QED) is 0.940. The zero-order valence-corrected chi connectivity index (χ0v) is 13.8. The molecule has 0 radical (unpaired) electrons. The lowest BCUT2D eigenvalue weighted by Crippen LogP contribution is -2.33. The van der Waals surface area contributed by atoms with Gasteiger partial charge in [-0.15, -0.1) is 0 Å². The lowest BCUT2D eigenvalue weighted by atomic mass is 10.1. The van der Waals surface area contributed by atoms with Gasteiger partial charge in [-0.2, -0.15) is 11.8 Å². The van der Waals surface area contributed by atoms with Crippen LogP contribution in [0.4, 0.5) is 0 Å². The van der Waals surface area contributed by atoms with E-state index in [-0.39, 0.29) is 0 Å². The molecule has 0 bridgehead atoms. The van der Waals surface area contributed by atoms with Crippen molar-refractivity contribution in [3.63, 3.8) is 0 Å². The Morgan fingerprint density at radius 1 is 1.23 bits per heavy atom. The molecule has 0 amide bonds. The van der Waals surface area contributed by atoms with Crippen molar-refractivity contribution in [2.24, 2.45) is 0 Å². The third kappa shape index (κ3) is 2.88. The van der Waals surface area contributed by atoms with Gasteiger partial charge in [-0.3, -0.25) is 9.88 Å². The molecule has 2 aromatic rings. The molecule has 4 rings (SSSR count). The van der Waals surface area contributed by atoms with Gasteiger partial charge in [0.2, 0.25) is 0 Å². The number of hydrogen-bond donors (Lipinski definition) is 1. The summed E-state index contributed by atoms with van der Waals surface area (Å²) in [6.07, 6.45) is 11.2. The summed E-state index contributed by atoms with van der Waals surface area (Å²) < 4.78 is 2.39. The van der Waals surface area contributed by atoms with Gasteiger partial charge in [-0.05, 0) is 56.5 Å². The highest BCUT2D eigenvalue weighted by Crippen LogP contribution is 2.30. The molecule has 118 valence electrons. The number of imidazole rings is 1. The maximum atomic E-state index is 4.93. The first-order valence-electron chi connectivity index (χ1n) is 8.58. The van der Waals surface area contributed by atoms with Crippen molar-refractivity contribution in [1.29, 1.82) is 0 Å². The number of hydrogen-bond acceptors (Lipinski definition) is 4. The minimum absolute atomic E-state index is 0.372. The highest BCUT2D eigenvalue weighted by molar-refractivity contribution is 7.99. The summed E-state index contributed by atoms with van der Waals surface area (Å²) >= 11 is 2.13. The lowest BCUT2D eigenvalue weighted by Gasteiger charge is -2.28. The fourth-order valence-electron chi connectivity index (χ4n) is 3.67. The summed E-state index contributed by atoms with van der Waals surface area (Å²) in [6, 6.07) is 4.09. The largest absolute Gasteiger partial charge is 0.297 e. The molecule has 2 fully saturated rings. The highest BCUT2D eigenvalue weighted by Gasteiger charge is 2.24. The Balaban J connectivity index is 1.68. The molecular formula is C17H24N4S. The van der Waals surface area contributed by atoms with E-state index in [0.717, 1.165) is 29.4 Å². The predicted octanol–water partition coefficient (Wildman–Crippen LogP) is 3.53. The molecule has 0 saturated carbocycles. The van der Waals surface area contributed by atoms with Gasteiger partial charge in [0.25, 0.3) is 0 Å². The Morgan fingerprint density at radius 2 is 2.18 bits per heavy atom. The Morgan fingerprint density at radius 3 is 3.00 bits per heavy atom. The van der Waals surface area contributed by atoms with Gasteiger partial charge >= 0.3 is 0 Å². The van der Waals surface area contributed by atoms with E-state index in [2.05, 4.69) is 32.7 Å². The van der Waals surface area contributed by atoms with Crippen LogP contribution in [0.25, 0.3) is 11.2 Å². The summed E-state index contributed by atoms with van der Waals surface area (Å²) in [5, 5.41) is 4.40. The first-order chi connectivity index (χ1) is 10.9. The Bertz CT molecular complexity index is 627. The van der Waals surface area contributed by atoms with Crippen LogP contribution in [0.3, 0.4) is 0 Å². The average molecular weight is 316 g/mol. The monoisotopic (exact) mass is 316 g/mol. The molecule has 0 aliphatic carbocycles. The molecule has 2 unspecified atom stereocenters. The van der Waals surface area contributed by atoms with Crippen LogP contribution in [0, 0.1) is 0 Å². The topological polar surface area (TPSA) is 42.7 Å². The van der Waals surface area contributed by atoms with Crippen molar-refractivity contribution >= 4 is 22.9 Å². The van der Waals surface area contributed by atoms with Crippen molar-refractivity contribution in [2.45, 2.75) is 56.4 Å². The SMILES string of the molecule is c1cnc2c(c1)nc(CC1CCCCS1)n2C1CCCCN1. The Hall–Kier alpha value is -1.07. The molecular weight excluding hydrogens is 292 g/mol. The fourth-order valence-corrected chi connectivity index (χ4v) is 4.98. The molecule has 0 spiro atoms. The molecule has 0 aromatic carbocycles. The van der Waals surface area contributed by atoms with Gasteiger partial charge < -0.3 is 0 Å². The van der Waals surface area contributed by atoms with Crippen LogP contribution in [0.1, 0.15) is 50.5 Å². The van der Waals surface area contributed by atoms with Crippen LogP contribution >= 0.6 is 11.8 Å². The van der Waals surface area contributed by atoms with E-state index in [1.54, 1.807) is 0 Å². The Labute approximate surface area is 136 Å². The van der Waals surface area contributed by atoms with Crippen molar-refractivity contribution in [1.82, 2.24) is 19.9 Å². The van der Waals surface area contributed by atoms with Crippen molar-refractivity contribution in [3.05, 3.63) is 24.2 Å². The van der Waals surface area contributed by atoms with E-state index in [0.29, 0.717) is 6.17 Å². The van der Waals surface area contributed by atoms with Crippen molar-refractivity contribution < 1.29 is 0 Å². The van der Waals surface area contributed by atoms with E-state index in [1.165, 1.54) is 50.1 Å². The first kappa shape index (κ1) is 14.5. The standard InChI is InChI=1S/C17H24N4S/c1-3-9-18-15(8-1)21-16(12-13-6-2-4-11-22-13)20-14-7-5-10-19-17(14)21/h5,7,10,13,15,18H,1-4,6,8-9,11-12H2. The second kappa shape index (κ2) is 6.59. The second-order valence-corrected chi connectivity index (χ2v) is 7.81. The van der Waals surface area contributed by atoms with Crippen molar-refractivity contribution in [2.75, 3.05) is 12.3 Å². The number of nitrogens with zero attached hydrogens (tertiary/aromatic N) is 3. The minimum atomic E-state index is 0.372. The molecule has 4 heterocycles. The minimum Gasteiger partial charge on any atom is -0.297 e. The average Bonchev–Trinajstić information content (AvgIpc) is 2.94. The lowest BCUT2D eigenvalue weighted by molar-refractivity contribution is 0.318. The number of piperidine rings is 1. The number of nitrogens with one attached hydrogen (secondary N) is 1. The third-order valence-corrected chi connectivity index (χ3v) is 6.20. The van der Waals surface area contributed by atoms with Crippen molar-refractivity contribution in [3.8, 4) is 0 Å². The van der Waals surface area contributed by atoms with Crippen LogP contribution in [0.15, 0.2) is 18.3 Å². The van der Waals surface area contributed by atoms with E-state index in [4.69, 9.17) is 4.98 Å². The van der Waals surface area contributed by atoms with Crippen LogP contribution in [0.2, 0.25) is 0 Å². The van der Waals surface area contributed by atoms with Gasteiger partial charge in [-0.1, -0.05) is 6.42 Å². The predicted molar refractivity (Wildman–Crippen MR) is 92.2 cm³/mol. The maximum absolute atomic E-state index is 4.93. The molecule has 2 aliphatic heterocycles. The van der Waals surface area contributed by atoms with Gasteiger partial charge in [0.15, 0.2) is 5.65 Å². The third-order valence-electron chi connectivity index (χ3n) is 4.80. The number of fused-ring (bicyclic) bond motifs is 1. The number of pyridine rings is 1. The van der Waals surface area contributed by atoms with E-state index < -0.39 is 0 Å². The molecule has 22 heavy (non-hydrogen) atoms. The summed E-state index contributed by atoms with van der Waals surface area (Å²) in [6.45, 7) is 1.11. The molecule has 1 N–H and O–H groups in total. The summed E-state index contributed by atoms with van der Waals surface area (Å²) in [5.74, 6) is 2.54. The molecule has 2 aliphatic rings. The summed E-state index contributed by atoms with van der Waals surface area (Å²) in [5.41, 5.74) is 2.10. The van der Waals surface area contributed by atoms with Crippen LogP contribution < -0.4 is 5.32 Å². The first-order valence-corrected chi connectivity index (χ1v) is 9.63. The van der Waals surface area contributed by atoms with Crippen LogP contribution in [0.5, 0.6) is 0 Å². The zero-order valence-electron chi connectivity index (χ0n) is 13.0. The van der Waals surface area contributed by atoms with Gasteiger partial charge in [0.05, 0.1) is 6.17 Å². The number of aromatic nitrogens is 3. The van der Waals surface area contributed by atoms with E-state index >= 15 is 0 Å². The fraction of sp³-hybridized carbons (Fsp3) is 0.647. The molecule has 2 atom stereocenters. The van der Waals surface area contributed by atoms with Gasteiger partial charge in [0.1, 0.15) is 11.3 Å². The van der Waals surface area contributed by atoms with Gasteiger partial charge in [0, 0.05) is 17.9 Å². The second-order valence-electron chi connectivity index (χ2n) is 6.40. The highest BCUT2D eigenvalue weighted by atomic mass is 32.2. The van der Waals surface area contributed by atoms with E-state index in [1.807, 2.05) is 12.3 Å². The molecule has 5 heteroatoms. The zero-order chi connectivity index (χ0) is 14.8. The number of thioether (sulfide) groups is 1. The summed E-state index contributed by atoms with van der Waals surface area (Å²) in [4.78, 5) is 9.55. The van der Waals surface area contributed by atoms with Crippen LogP contribution in [-0.4, -0.2) is 32.1 Å². The molecule has 4 nitrogen and oxygen atoms in total. The van der Waals surface area contributed by atoms with E-state index in [9.17, 15) is 0 Å². The molecule has 2 saturated heterocycles. The Kier molecular flexibility index (Phi) is 4.35. The normalized spacial score (nSPS) is 26.4. The maximum Gasteiger partial charge on any atom is 0.161 e. The van der Waals surface area contributed by atoms with Crippen LogP contribution in [-0.2, 0) is 6.42 Å². The number of rotatable bonds is 3. The smallest absolute Gasteiger partial charge is 0.161 e. The molecule has 2 aromatic heterocycles. The summed E-state index contributed by atoms with van der Waals surface area (Å²) in [7, 11) is 0.